The highest BCUT2D eigenvalue weighted by Crippen LogP contribution is 2.24. The number of fused-ring (bicyclic) bond motifs is 1. The Morgan fingerprint density at radius 3 is 2.61 bits per heavy atom. The van der Waals surface area contributed by atoms with Crippen molar-refractivity contribution in [3.05, 3.63) is 52.5 Å². The van der Waals surface area contributed by atoms with Gasteiger partial charge in [0.15, 0.2) is 0 Å². The lowest BCUT2D eigenvalue weighted by molar-refractivity contribution is 0.208. The lowest BCUT2D eigenvalue weighted by atomic mass is 10.2. The maximum Gasteiger partial charge on any atom is 0.321 e. The summed E-state index contributed by atoms with van der Waals surface area (Å²) in [4.78, 5) is 21.6. The number of anilines is 2. The maximum absolute atomic E-state index is 12.6. The second-order valence-electron chi connectivity index (χ2n) is 7.01. The molecule has 1 aromatic heterocycles. The number of carbonyl (C=O) groups excluding carboxylic acids is 1. The van der Waals surface area contributed by atoms with Crippen LogP contribution >= 0.6 is 15.9 Å². The lowest BCUT2D eigenvalue weighted by Crippen LogP contribution is -2.50. The predicted molar refractivity (Wildman–Crippen MR) is 117 cm³/mol. The Morgan fingerprint density at radius 2 is 1.89 bits per heavy atom. The number of imidazole rings is 1. The van der Waals surface area contributed by atoms with E-state index in [0.717, 1.165) is 52.3 Å². The molecule has 0 unspecified atom stereocenters. The Kier molecular flexibility index (Phi) is 5.26. The number of nitrogens with zero attached hydrogens (tertiary/aromatic N) is 4. The van der Waals surface area contributed by atoms with Gasteiger partial charge in [-0.15, -0.1) is 0 Å². The number of aryl methyl sites for hydroxylation is 2. The third kappa shape index (κ3) is 3.58. The summed E-state index contributed by atoms with van der Waals surface area (Å²) in [5, 5.41) is 3.01. The van der Waals surface area contributed by atoms with Crippen LogP contribution < -0.4 is 10.2 Å². The highest BCUT2D eigenvalue weighted by atomic mass is 79.9. The van der Waals surface area contributed by atoms with Gasteiger partial charge < -0.3 is 19.7 Å². The van der Waals surface area contributed by atoms with Gasteiger partial charge >= 0.3 is 6.03 Å². The number of hydrogen-bond donors (Lipinski definition) is 1. The molecule has 6 nitrogen and oxygen atoms in total. The van der Waals surface area contributed by atoms with Crippen LogP contribution in [0.4, 0.5) is 16.4 Å². The van der Waals surface area contributed by atoms with Crippen molar-refractivity contribution in [2.75, 3.05) is 36.4 Å². The molecule has 3 aromatic rings. The molecule has 0 atom stereocenters. The zero-order valence-corrected chi connectivity index (χ0v) is 17.7. The van der Waals surface area contributed by atoms with Crippen molar-refractivity contribution < 1.29 is 4.79 Å². The quantitative estimate of drug-likeness (QED) is 0.651. The number of benzene rings is 2. The van der Waals surface area contributed by atoms with Gasteiger partial charge in [0, 0.05) is 42.9 Å². The van der Waals surface area contributed by atoms with Gasteiger partial charge in [-0.25, -0.2) is 9.78 Å². The summed E-state index contributed by atoms with van der Waals surface area (Å²) in [6.45, 7) is 7.92. The summed E-state index contributed by atoms with van der Waals surface area (Å²) in [5.74, 6) is 0.993. The number of carbonyl (C=O) groups is 1. The predicted octanol–water partition coefficient (Wildman–Crippen LogP) is 4.48. The summed E-state index contributed by atoms with van der Waals surface area (Å²) in [5.41, 5.74) is 4.10. The van der Waals surface area contributed by atoms with Crippen LogP contribution in [0.1, 0.15) is 12.5 Å². The van der Waals surface area contributed by atoms with Gasteiger partial charge in [0.05, 0.1) is 11.0 Å². The van der Waals surface area contributed by atoms with E-state index in [1.165, 1.54) is 0 Å². The van der Waals surface area contributed by atoms with Crippen molar-refractivity contribution in [2.24, 2.45) is 0 Å². The Labute approximate surface area is 173 Å². The molecule has 7 heteroatoms. The van der Waals surface area contributed by atoms with Gasteiger partial charge in [0.1, 0.15) is 0 Å². The van der Waals surface area contributed by atoms with E-state index in [1.807, 2.05) is 42.2 Å². The highest BCUT2D eigenvalue weighted by molar-refractivity contribution is 9.10. The first-order valence-electron chi connectivity index (χ1n) is 9.59. The number of rotatable bonds is 3. The minimum atomic E-state index is -0.0506. The summed E-state index contributed by atoms with van der Waals surface area (Å²) < 4.78 is 3.29. The molecule has 1 fully saturated rings. The molecule has 1 aliphatic heterocycles. The Hall–Kier alpha value is -2.54. The van der Waals surface area contributed by atoms with E-state index in [9.17, 15) is 4.79 Å². The Balaban J connectivity index is 1.43. The largest absolute Gasteiger partial charge is 0.339 e. The molecule has 2 aromatic carbocycles. The van der Waals surface area contributed by atoms with Gasteiger partial charge in [-0.3, -0.25) is 0 Å². The van der Waals surface area contributed by atoms with Crippen LogP contribution in [-0.2, 0) is 6.54 Å². The fourth-order valence-electron chi connectivity index (χ4n) is 3.65. The van der Waals surface area contributed by atoms with Crippen molar-refractivity contribution in [2.45, 2.75) is 20.4 Å². The molecule has 0 spiro atoms. The number of urea groups is 1. The molecule has 146 valence electrons. The van der Waals surface area contributed by atoms with Crippen molar-refractivity contribution in [1.82, 2.24) is 14.5 Å². The second kappa shape index (κ2) is 7.83. The zero-order valence-electron chi connectivity index (χ0n) is 16.2. The number of aromatic nitrogens is 2. The molecule has 2 heterocycles. The number of piperazine rings is 1. The van der Waals surface area contributed by atoms with E-state index in [2.05, 4.69) is 49.8 Å². The van der Waals surface area contributed by atoms with Crippen molar-refractivity contribution in [3.8, 4) is 0 Å². The number of para-hydroxylation sites is 2. The van der Waals surface area contributed by atoms with Crippen LogP contribution in [0.15, 0.2) is 46.9 Å². The topological polar surface area (TPSA) is 53.4 Å². The van der Waals surface area contributed by atoms with Gasteiger partial charge in [-0.05, 0) is 49.7 Å². The van der Waals surface area contributed by atoms with E-state index < -0.39 is 0 Å². The molecule has 1 aliphatic rings. The van der Waals surface area contributed by atoms with E-state index in [0.29, 0.717) is 13.1 Å². The Morgan fingerprint density at radius 1 is 1.14 bits per heavy atom. The summed E-state index contributed by atoms with van der Waals surface area (Å²) in [6, 6.07) is 14.0. The van der Waals surface area contributed by atoms with Crippen LogP contribution in [0.2, 0.25) is 0 Å². The van der Waals surface area contributed by atoms with Crippen LogP contribution in [0.25, 0.3) is 11.0 Å². The van der Waals surface area contributed by atoms with Crippen LogP contribution in [0.3, 0.4) is 0 Å². The lowest BCUT2D eigenvalue weighted by Gasteiger charge is -2.35. The molecule has 0 bridgehead atoms. The Bertz CT molecular complexity index is 1010. The van der Waals surface area contributed by atoms with E-state index in [1.54, 1.807) is 0 Å². The van der Waals surface area contributed by atoms with E-state index in [-0.39, 0.29) is 6.03 Å². The van der Waals surface area contributed by atoms with Crippen molar-refractivity contribution in [3.63, 3.8) is 0 Å². The fourth-order valence-corrected chi connectivity index (χ4v) is 3.90. The highest BCUT2D eigenvalue weighted by Gasteiger charge is 2.24. The van der Waals surface area contributed by atoms with Crippen LogP contribution in [0.5, 0.6) is 0 Å². The van der Waals surface area contributed by atoms with Gasteiger partial charge in [-0.1, -0.05) is 28.1 Å². The summed E-state index contributed by atoms with van der Waals surface area (Å²) in [6.07, 6.45) is 0. The van der Waals surface area contributed by atoms with E-state index in [4.69, 9.17) is 4.98 Å². The van der Waals surface area contributed by atoms with Gasteiger partial charge in [0.25, 0.3) is 0 Å². The van der Waals surface area contributed by atoms with Gasteiger partial charge in [-0.2, -0.15) is 0 Å². The first-order valence-corrected chi connectivity index (χ1v) is 10.4. The number of nitrogens with one attached hydrogen (secondary N) is 1. The fraction of sp³-hybridized carbons (Fsp3) is 0.333. The SMILES string of the molecule is CCn1c(N2CCN(C(=O)Nc3ccc(Br)c(C)c3)CC2)nc2ccccc21. The molecule has 4 rings (SSSR count). The number of amides is 2. The molecule has 1 N–H and O–H groups in total. The average Bonchev–Trinajstić information content (AvgIpc) is 3.09. The first-order chi connectivity index (χ1) is 13.6. The molecular weight excluding hydrogens is 418 g/mol. The third-order valence-corrected chi connectivity index (χ3v) is 6.10. The molecule has 0 radical (unpaired) electrons. The standard InChI is InChI=1S/C21H24BrN5O/c1-3-27-19-7-5-4-6-18(19)24-20(27)25-10-12-26(13-11-25)21(28)23-16-8-9-17(22)15(2)14-16/h4-9,14H,3,10-13H2,1-2H3,(H,23,28). The smallest absolute Gasteiger partial charge is 0.321 e. The molecule has 0 aliphatic carbocycles. The molecular formula is C21H24BrN5O. The molecule has 2 amide bonds. The van der Waals surface area contributed by atoms with Crippen LogP contribution in [-0.4, -0.2) is 46.7 Å². The van der Waals surface area contributed by atoms with Gasteiger partial charge in [0.2, 0.25) is 5.95 Å². The average molecular weight is 442 g/mol. The molecule has 0 saturated carbocycles. The first kappa shape index (κ1) is 18.8. The van der Waals surface area contributed by atoms with Crippen molar-refractivity contribution >= 4 is 44.6 Å². The number of halogens is 1. The third-order valence-electron chi connectivity index (χ3n) is 5.21. The summed E-state index contributed by atoms with van der Waals surface area (Å²) >= 11 is 3.49. The minimum absolute atomic E-state index is 0.0506. The molecule has 28 heavy (non-hydrogen) atoms. The zero-order chi connectivity index (χ0) is 19.7. The normalized spacial score (nSPS) is 14.5. The van der Waals surface area contributed by atoms with Crippen LogP contribution in [0, 0.1) is 6.92 Å². The van der Waals surface area contributed by atoms with Crippen molar-refractivity contribution in [1.29, 1.82) is 0 Å². The monoisotopic (exact) mass is 441 g/mol. The summed E-state index contributed by atoms with van der Waals surface area (Å²) in [7, 11) is 0. The minimum Gasteiger partial charge on any atom is -0.339 e. The second-order valence-corrected chi connectivity index (χ2v) is 7.87. The maximum atomic E-state index is 12.6. The molecule has 1 saturated heterocycles. The van der Waals surface area contributed by atoms with E-state index >= 15 is 0 Å². The number of hydrogen-bond acceptors (Lipinski definition) is 3.